The number of halogens is 3. The van der Waals surface area contributed by atoms with Gasteiger partial charge in [-0.1, -0.05) is 6.07 Å². The first-order chi connectivity index (χ1) is 18.0. The van der Waals surface area contributed by atoms with Crippen LogP contribution in [0, 0.1) is 12.7 Å². The fourth-order valence-electron chi connectivity index (χ4n) is 4.98. The van der Waals surface area contributed by atoms with Crippen molar-refractivity contribution in [1.82, 2.24) is 20.0 Å². The van der Waals surface area contributed by atoms with E-state index in [9.17, 15) is 27.9 Å². The second kappa shape index (κ2) is 9.82. The van der Waals surface area contributed by atoms with E-state index < -0.39 is 60.3 Å². The number of para-hydroxylation sites is 1. The van der Waals surface area contributed by atoms with Gasteiger partial charge in [-0.2, -0.15) is 5.10 Å². The predicted octanol–water partition coefficient (Wildman–Crippen LogP) is 3.72. The van der Waals surface area contributed by atoms with Gasteiger partial charge in [0.25, 0.3) is 11.8 Å². The number of phenolic OH excluding ortho intramolecular Hbond substituents is 1. The molecule has 12 heteroatoms. The molecule has 0 bridgehead atoms. The summed E-state index contributed by atoms with van der Waals surface area (Å²) in [6.07, 6.45) is 0.874. The number of nitrogens with one attached hydrogen (secondary N) is 1. The molecule has 0 radical (unpaired) electrons. The molecule has 2 aromatic heterocycles. The molecule has 38 heavy (non-hydrogen) atoms. The topological polar surface area (TPSA) is 110 Å². The summed E-state index contributed by atoms with van der Waals surface area (Å²) >= 11 is 0. The summed E-state index contributed by atoms with van der Waals surface area (Å²) in [5.74, 6) is -5.32. The van der Waals surface area contributed by atoms with Crippen molar-refractivity contribution in [3.05, 3.63) is 59.2 Å². The highest BCUT2D eigenvalue weighted by Crippen LogP contribution is 2.40. The van der Waals surface area contributed by atoms with Crippen LogP contribution in [0.2, 0.25) is 0 Å². The van der Waals surface area contributed by atoms with Crippen LogP contribution in [0.1, 0.15) is 47.0 Å². The maximum absolute atomic E-state index is 14.2. The number of amides is 2. The molecule has 1 aliphatic carbocycles. The van der Waals surface area contributed by atoms with Crippen molar-refractivity contribution < 1.29 is 37.0 Å². The van der Waals surface area contributed by atoms with Crippen LogP contribution in [0.5, 0.6) is 5.75 Å². The van der Waals surface area contributed by atoms with E-state index in [1.54, 1.807) is 32.3 Å². The van der Waals surface area contributed by atoms with Crippen molar-refractivity contribution in [2.24, 2.45) is 7.05 Å². The van der Waals surface area contributed by atoms with Crippen LogP contribution in [-0.4, -0.2) is 62.8 Å². The normalized spacial score (nSPS) is 19.7. The van der Waals surface area contributed by atoms with Crippen LogP contribution in [0.3, 0.4) is 0 Å². The first kappa shape index (κ1) is 25.8. The zero-order valence-corrected chi connectivity index (χ0v) is 20.8. The second-order valence-electron chi connectivity index (χ2n) is 9.76. The SMILES string of the molecule is Cc1ccc(-c2nn(C)cc2C(C(=O)NC2CC(F)(F)C2)N(C(=O)c2cccc(F)c2O)[C@H]2CCOC2)o1. The minimum absolute atomic E-state index is 0.0859. The van der Waals surface area contributed by atoms with Crippen LogP contribution in [0.15, 0.2) is 40.9 Å². The lowest BCUT2D eigenvalue weighted by Crippen LogP contribution is -2.55. The molecule has 5 rings (SSSR count). The van der Waals surface area contributed by atoms with Crippen molar-refractivity contribution in [3.8, 4) is 17.2 Å². The molecule has 1 unspecified atom stereocenters. The molecule has 1 aromatic carbocycles. The minimum Gasteiger partial charge on any atom is -0.504 e. The number of hydrogen-bond acceptors (Lipinski definition) is 6. The first-order valence-electron chi connectivity index (χ1n) is 12.2. The van der Waals surface area contributed by atoms with Gasteiger partial charge in [-0.15, -0.1) is 0 Å². The number of alkyl halides is 2. The van der Waals surface area contributed by atoms with E-state index in [2.05, 4.69) is 10.4 Å². The lowest BCUT2D eigenvalue weighted by Gasteiger charge is -2.39. The number of ether oxygens (including phenoxy) is 1. The quantitative estimate of drug-likeness (QED) is 0.480. The smallest absolute Gasteiger partial charge is 0.259 e. The Morgan fingerprint density at radius 1 is 1.26 bits per heavy atom. The third-order valence-electron chi connectivity index (χ3n) is 6.84. The van der Waals surface area contributed by atoms with E-state index in [0.717, 1.165) is 6.07 Å². The Labute approximate surface area is 216 Å². The molecule has 2 N–H and O–H groups in total. The van der Waals surface area contributed by atoms with Gasteiger partial charge in [-0.3, -0.25) is 14.3 Å². The highest BCUT2D eigenvalue weighted by Gasteiger charge is 2.48. The van der Waals surface area contributed by atoms with E-state index >= 15 is 0 Å². The number of furan rings is 1. The molecule has 1 saturated heterocycles. The molecule has 9 nitrogen and oxygen atoms in total. The molecular formula is C26H27F3N4O5. The number of carbonyl (C=O) groups excluding carboxylic acids is 2. The third kappa shape index (κ3) is 4.87. The van der Waals surface area contributed by atoms with Gasteiger partial charge in [0.1, 0.15) is 17.5 Å². The number of hydrogen-bond donors (Lipinski definition) is 2. The van der Waals surface area contributed by atoms with Crippen LogP contribution in [0.25, 0.3) is 11.5 Å². The molecule has 2 aliphatic rings. The molecular weight excluding hydrogens is 505 g/mol. The standard InChI is InChI=1S/C26H27F3N4O5/c1-14-6-7-20(38-14)21-18(12-32(2)31-21)22(24(35)30-15-10-26(28,29)11-15)33(16-8-9-37-13-16)25(36)17-4-3-5-19(27)23(17)34/h3-7,12,15-16,22,34H,8-11,13H2,1-2H3,(H,30,35)/t16-,22?/m0/s1. The first-order valence-corrected chi connectivity index (χ1v) is 12.2. The second-order valence-corrected chi connectivity index (χ2v) is 9.76. The third-order valence-corrected chi connectivity index (χ3v) is 6.84. The van der Waals surface area contributed by atoms with Crippen molar-refractivity contribution in [1.29, 1.82) is 0 Å². The molecule has 2 atom stereocenters. The average Bonchev–Trinajstić information content (AvgIpc) is 3.59. The Morgan fingerprint density at radius 2 is 2.03 bits per heavy atom. The molecule has 202 valence electrons. The Morgan fingerprint density at radius 3 is 2.66 bits per heavy atom. The number of carbonyl (C=O) groups is 2. The van der Waals surface area contributed by atoms with Gasteiger partial charge < -0.3 is 24.5 Å². The van der Waals surface area contributed by atoms with Crippen LogP contribution in [-0.2, 0) is 16.6 Å². The van der Waals surface area contributed by atoms with E-state index in [-0.39, 0.29) is 23.4 Å². The largest absolute Gasteiger partial charge is 0.504 e. The number of rotatable bonds is 7. The Bertz CT molecular complexity index is 1360. The lowest BCUT2D eigenvalue weighted by molar-refractivity contribution is -0.134. The molecule has 0 spiro atoms. The number of aromatic hydroxyl groups is 1. The van der Waals surface area contributed by atoms with E-state index in [1.165, 1.54) is 21.7 Å². The predicted molar refractivity (Wildman–Crippen MR) is 128 cm³/mol. The van der Waals surface area contributed by atoms with Gasteiger partial charge in [0, 0.05) is 44.3 Å². The van der Waals surface area contributed by atoms with Crippen LogP contribution >= 0.6 is 0 Å². The Kier molecular flexibility index (Phi) is 6.68. The average molecular weight is 533 g/mol. The monoisotopic (exact) mass is 532 g/mol. The number of aryl methyl sites for hydroxylation is 2. The fraction of sp³-hybridized carbons (Fsp3) is 0.423. The van der Waals surface area contributed by atoms with Crippen molar-refractivity contribution in [2.75, 3.05) is 13.2 Å². The van der Waals surface area contributed by atoms with E-state index in [1.807, 2.05) is 0 Å². The summed E-state index contributed by atoms with van der Waals surface area (Å²) in [5, 5.41) is 17.5. The summed E-state index contributed by atoms with van der Waals surface area (Å²) < 4.78 is 54.1. The zero-order valence-electron chi connectivity index (χ0n) is 20.8. The Balaban J connectivity index is 1.63. The fourth-order valence-corrected chi connectivity index (χ4v) is 4.98. The minimum atomic E-state index is -2.87. The van der Waals surface area contributed by atoms with Crippen molar-refractivity contribution >= 4 is 11.8 Å². The number of nitrogens with zero attached hydrogens (tertiary/aromatic N) is 3. The van der Waals surface area contributed by atoms with E-state index in [0.29, 0.717) is 24.5 Å². The maximum Gasteiger partial charge on any atom is 0.259 e. The van der Waals surface area contributed by atoms with E-state index in [4.69, 9.17) is 9.15 Å². The van der Waals surface area contributed by atoms with Gasteiger partial charge in [0.15, 0.2) is 17.3 Å². The van der Waals surface area contributed by atoms with Gasteiger partial charge in [0.05, 0.1) is 18.2 Å². The molecule has 3 heterocycles. The molecule has 1 aliphatic heterocycles. The summed E-state index contributed by atoms with van der Waals surface area (Å²) in [4.78, 5) is 29.0. The zero-order chi connectivity index (χ0) is 27.2. The number of benzene rings is 1. The maximum atomic E-state index is 14.2. The summed E-state index contributed by atoms with van der Waals surface area (Å²) in [6, 6.07) is 4.14. The van der Waals surface area contributed by atoms with Gasteiger partial charge in [-0.25, -0.2) is 13.2 Å². The molecule has 1 saturated carbocycles. The number of aromatic nitrogens is 2. The number of phenols is 1. The summed E-state index contributed by atoms with van der Waals surface area (Å²) in [5.41, 5.74) is 0.214. The summed E-state index contributed by atoms with van der Waals surface area (Å²) in [7, 11) is 1.63. The van der Waals surface area contributed by atoms with Crippen LogP contribution < -0.4 is 5.32 Å². The van der Waals surface area contributed by atoms with Gasteiger partial charge in [-0.05, 0) is 37.6 Å². The van der Waals surface area contributed by atoms with Crippen molar-refractivity contribution in [2.45, 2.75) is 50.2 Å². The molecule has 3 aromatic rings. The highest BCUT2D eigenvalue weighted by molar-refractivity contribution is 6.00. The molecule has 2 fully saturated rings. The van der Waals surface area contributed by atoms with Crippen molar-refractivity contribution in [3.63, 3.8) is 0 Å². The summed E-state index contributed by atoms with van der Waals surface area (Å²) in [6.45, 7) is 2.14. The van der Waals surface area contributed by atoms with Gasteiger partial charge >= 0.3 is 0 Å². The lowest BCUT2D eigenvalue weighted by atomic mass is 9.87. The highest BCUT2D eigenvalue weighted by atomic mass is 19.3. The molecule has 2 amide bonds. The van der Waals surface area contributed by atoms with Crippen LogP contribution in [0.4, 0.5) is 13.2 Å². The Hall–Kier alpha value is -3.80. The van der Waals surface area contributed by atoms with Gasteiger partial charge in [0.2, 0.25) is 5.91 Å².